The molecule has 0 spiro atoms. The van der Waals surface area contributed by atoms with Crippen molar-refractivity contribution in [1.82, 2.24) is 0 Å². The van der Waals surface area contributed by atoms with Crippen LogP contribution < -0.4 is 5.73 Å². The second-order valence-corrected chi connectivity index (χ2v) is 10.1. The van der Waals surface area contributed by atoms with Crippen LogP contribution in [-0.4, -0.2) is 45.5 Å². The van der Waals surface area contributed by atoms with Crippen LogP contribution in [0.2, 0.25) is 19.6 Å². The van der Waals surface area contributed by atoms with E-state index in [4.69, 9.17) is 20.3 Å². The summed E-state index contributed by atoms with van der Waals surface area (Å²) in [5.74, 6) is 1.07. The van der Waals surface area contributed by atoms with Gasteiger partial charge in [0.15, 0.2) is 8.32 Å². The lowest BCUT2D eigenvalue weighted by Crippen LogP contribution is -2.33. The molecule has 0 bridgehead atoms. The van der Waals surface area contributed by atoms with Gasteiger partial charge in [-0.15, -0.1) is 0 Å². The molecule has 0 rings (SSSR count). The zero-order valence-electron chi connectivity index (χ0n) is 10.7. The Balaban J connectivity index is 3.72. The van der Waals surface area contributed by atoms with Crippen molar-refractivity contribution in [3.05, 3.63) is 0 Å². The van der Waals surface area contributed by atoms with Gasteiger partial charge in [-0.05, 0) is 38.1 Å². The number of hydrogen-bond donors (Lipinski definition) is 2. The topological polar surface area (TPSA) is 68.3 Å². The molecule has 4 nitrogen and oxygen atoms in total. The Labute approximate surface area is 104 Å². The van der Waals surface area contributed by atoms with E-state index in [0.717, 1.165) is 12.2 Å². The summed E-state index contributed by atoms with van der Waals surface area (Å²) in [4.78, 5) is 0. The molecule has 0 aliphatic rings. The number of ether oxygens (including phenoxy) is 1. The third-order valence-electron chi connectivity index (χ3n) is 1.87. The first-order chi connectivity index (χ1) is 7.37. The molecule has 0 aromatic heterocycles. The number of thioether (sulfide) groups is 1. The molecule has 0 aliphatic carbocycles. The van der Waals surface area contributed by atoms with Crippen LogP contribution in [-0.2, 0) is 9.16 Å². The molecule has 1 atom stereocenters. The highest BCUT2D eigenvalue weighted by atomic mass is 32.2. The van der Waals surface area contributed by atoms with Gasteiger partial charge in [0.1, 0.15) is 11.9 Å². The van der Waals surface area contributed by atoms with Gasteiger partial charge >= 0.3 is 0 Å². The van der Waals surface area contributed by atoms with Crippen LogP contribution in [0.1, 0.15) is 6.42 Å². The fraction of sp³-hybridized carbons (Fsp3) is 0.900. The lowest BCUT2D eigenvalue weighted by atomic mass is 10.2. The second-order valence-electron chi connectivity index (χ2n) is 4.56. The molecule has 6 heteroatoms. The van der Waals surface area contributed by atoms with Gasteiger partial charge in [-0.2, -0.15) is 11.8 Å². The van der Waals surface area contributed by atoms with Crippen molar-refractivity contribution in [2.75, 3.05) is 25.2 Å². The first kappa shape index (κ1) is 16.0. The number of hydrogen-bond acceptors (Lipinski definition) is 4. The highest BCUT2D eigenvalue weighted by Crippen LogP contribution is 2.06. The molecule has 0 aromatic carbocycles. The van der Waals surface area contributed by atoms with Crippen molar-refractivity contribution in [2.45, 2.75) is 32.2 Å². The molecule has 0 amide bonds. The highest BCUT2D eigenvalue weighted by Gasteiger charge is 2.15. The van der Waals surface area contributed by atoms with Gasteiger partial charge in [-0.3, -0.25) is 5.41 Å². The molecule has 0 aromatic rings. The van der Waals surface area contributed by atoms with Crippen LogP contribution in [0.3, 0.4) is 0 Å². The van der Waals surface area contributed by atoms with E-state index in [1.807, 2.05) is 6.26 Å². The maximum absolute atomic E-state index is 7.40. The molecular formula is C10H24N2O2SSi. The summed E-state index contributed by atoms with van der Waals surface area (Å²) in [5.41, 5.74) is 5.46. The molecule has 0 saturated carbocycles. The van der Waals surface area contributed by atoms with Crippen molar-refractivity contribution in [1.29, 1.82) is 5.41 Å². The van der Waals surface area contributed by atoms with Gasteiger partial charge in [0.05, 0.1) is 13.2 Å². The number of nitrogens with one attached hydrogen (secondary N) is 1. The number of nitrogens with two attached hydrogens (primary N) is 1. The molecule has 96 valence electrons. The predicted molar refractivity (Wildman–Crippen MR) is 74.0 cm³/mol. The number of amidine groups is 1. The van der Waals surface area contributed by atoms with E-state index < -0.39 is 8.32 Å². The molecule has 0 aliphatic heterocycles. The van der Waals surface area contributed by atoms with Crippen molar-refractivity contribution < 1.29 is 9.16 Å². The summed E-state index contributed by atoms with van der Waals surface area (Å²) in [5, 5.41) is 7.40. The molecular weight excluding hydrogens is 240 g/mol. The Morgan fingerprint density at radius 1 is 1.38 bits per heavy atom. The first-order valence-electron chi connectivity index (χ1n) is 5.45. The largest absolute Gasteiger partial charge is 0.415 e. The molecule has 0 fully saturated rings. The van der Waals surface area contributed by atoms with Crippen molar-refractivity contribution in [3.8, 4) is 0 Å². The molecule has 0 heterocycles. The zero-order chi connectivity index (χ0) is 12.6. The normalized spacial score (nSPS) is 13.8. The molecule has 3 N–H and O–H groups in total. The Bertz CT molecular complexity index is 209. The standard InChI is InChI=1S/C10H24N2O2SSi/c1-15-8-5-9(10(11)12)13-6-7-14-16(2,3)4/h9H,5-8H2,1-4H3,(H3,11,12). The van der Waals surface area contributed by atoms with Gasteiger partial charge < -0.3 is 14.9 Å². The van der Waals surface area contributed by atoms with Crippen LogP contribution in [0.15, 0.2) is 0 Å². The minimum absolute atomic E-state index is 0.113. The van der Waals surface area contributed by atoms with E-state index in [1.165, 1.54) is 0 Å². The molecule has 1 unspecified atom stereocenters. The Morgan fingerprint density at radius 3 is 2.44 bits per heavy atom. The summed E-state index contributed by atoms with van der Waals surface area (Å²) in [7, 11) is -1.45. The van der Waals surface area contributed by atoms with E-state index in [0.29, 0.717) is 13.2 Å². The monoisotopic (exact) mass is 264 g/mol. The summed E-state index contributed by atoms with van der Waals surface area (Å²) in [6.07, 6.45) is 2.58. The molecule has 0 saturated heterocycles. The van der Waals surface area contributed by atoms with Gasteiger partial charge in [-0.1, -0.05) is 0 Å². The molecule has 0 radical (unpaired) electrons. The zero-order valence-corrected chi connectivity index (χ0v) is 12.5. The van der Waals surface area contributed by atoms with Crippen molar-refractivity contribution in [3.63, 3.8) is 0 Å². The minimum atomic E-state index is -1.45. The fourth-order valence-electron chi connectivity index (χ4n) is 1.09. The van der Waals surface area contributed by atoms with Crippen LogP contribution in [0.4, 0.5) is 0 Å². The van der Waals surface area contributed by atoms with Crippen molar-refractivity contribution in [2.24, 2.45) is 5.73 Å². The molecule has 16 heavy (non-hydrogen) atoms. The summed E-state index contributed by atoms with van der Waals surface area (Å²) in [6.45, 7) is 7.54. The van der Waals surface area contributed by atoms with Gasteiger partial charge in [-0.25, -0.2) is 0 Å². The Kier molecular flexibility index (Phi) is 8.09. The average molecular weight is 264 g/mol. The summed E-state index contributed by atoms with van der Waals surface area (Å²) >= 11 is 1.73. The SMILES string of the molecule is CSCCC(OCCO[Si](C)(C)C)C(=N)N. The maximum atomic E-state index is 7.40. The van der Waals surface area contributed by atoms with Crippen molar-refractivity contribution >= 4 is 25.9 Å². The third-order valence-corrected chi connectivity index (χ3v) is 3.58. The summed E-state index contributed by atoms with van der Waals surface area (Å²) < 4.78 is 11.2. The smallest absolute Gasteiger partial charge is 0.183 e. The van der Waals surface area contributed by atoms with Gasteiger partial charge in [0, 0.05) is 0 Å². The van der Waals surface area contributed by atoms with E-state index in [-0.39, 0.29) is 11.9 Å². The quantitative estimate of drug-likeness (QED) is 0.289. The maximum Gasteiger partial charge on any atom is 0.183 e. The third kappa shape index (κ3) is 9.20. The fourth-order valence-corrected chi connectivity index (χ4v) is 2.24. The lowest BCUT2D eigenvalue weighted by molar-refractivity contribution is 0.0669. The summed E-state index contributed by atoms with van der Waals surface area (Å²) in [6, 6.07) is 0. The van der Waals surface area contributed by atoms with Crippen LogP contribution in [0.25, 0.3) is 0 Å². The average Bonchev–Trinajstić information content (AvgIpc) is 2.14. The minimum Gasteiger partial charge on any atom is -0.415 e. The van der Waals surface area contributed by atoms with E-state index in [1.54, 1.807) is 11.8 Å². The second kappa shape index (κ2) is 8.11. The lowest BCUT2D eigenvalue weighted by Gasteiger charge is -2.20. The van der Waals surface area contributed by atoms with E-state index >= 15 is 0 Å². The van der Waals surface area contributed by atoms with Crippen LogP contribution in [0.5, 0.6) is 0 Å². The van der Waals surface area contributed by atoms with Gasteiger partial charge in [0.2, 0.25) is 0 Å². The first-order valence-corrected chi connectivity index (χ1v) is 10.3. The van der Waals surface area contributed by atoms with E-state index in [9.17, 15) is 0 Å². The van der Waals surface area contributed by atoms with Gasteiger partial charge in [0.25, 0.3) is 0 Å². The predicted octanol–water partition coefficient (Wildman–Crippen LogP) is 1.91. The van der Waals surface area contributed by atoms with E-state index in [2.05, 4.69) is 19.6 Å². The van der Waals surface area contributed by atoms with Crippen LogP contribution in [0, 0.1) is 5.41 Å². The number of rotatable bonds is 9. The Morgan fingerprint density at radius 2 is 2.00 bits per heavy atom. The van der Waals surface area contributed by atoms with Crippen LogP contribution >= 0.6 is 11.8 Å². The highest BCUT2D eigenvalue weighted by molar-refractivity contribution is 7.98. The Hall–Kier alpha value is -0.0431.